The molecule has 0 atom stereocenters. The SMILES string of the molecule is COc1c(C)cc(C(=O)O)cc1C.COc1c(C)cc(C(=O)O)cc1C. The van der Waals surface area contributed by atoms with Crippen molar-refractivity contribution in [2.75, 3.05) is 14.2 Å². The molecule has 0 aliphatic carbocycles. The van der Waals surface area contributed by atoms with E-state index >= 15 is 0 Å². The molecule has 26 heavy (non-hydrogen) atoms. The fraction of sp³-hybridized carbons (Fsp3) is 0.300. The fourth-order valence-electron chi connectivity index (χ4n) is 2.79. The molecule has 0 spiro atoms. The van der Waals surface area contributed by atoms with Crippen LogP contribution in [0.2, 0.25) is 0 Å². The summed E-state index contributed by atoms with van der Waals surface area (Å²) in [5.74, 6) is -0.308. The summed E-state index contributed by atoms with van der Waals surface area (Å²) in [6, 6.07) is 6.42. The van der Waals surface area contributed by atoms with Crippen molar-refractivity contribution in [3.05, 3.63) is 57.6 Å². The lowest BCUT2D eigenvalue weighted by molar-refractivity contribution is 0.0686. The molecule has 0 bridgehead atoms. The van der Waals surface area contributed by atoms with E-state index < -0.39 is 11.9 Å². The second-order valence-corrected chi connectivity index (χ2v) is 5.90. The van der Waals surface area contributed by atoms with Crippen LogP contribution in [-0.2, 0) is 0 Å². The van der Waals surface area contributed by atoms with Crippen molar-refractivity contribution < 1.29 is 29.3 Å². The van der Waals surface area contributed by atoms with E-state index in [1.807, 2.05) is 27.7 Å². The molecule has 0 aromatic heterocycles. The summed E-state index contributed by atoms with van der Waals surface area (Å²) >= 11 is 0. The minimum Gasteiger partial charge on any atom is -0.496 e. The molecule has 0 fully saturated rings. The Labute approximate surface area is 153 Å². The quantitative estimate of drug-likeness (QED) is 0.855. The molecule has 0 saturated carbocycles. The lowest BCUT2D eigenvalue weighted by Gasteiger charge is -2.08. The first-order valence-electron chi connectivity index (χ1n) is 7.89. The number of carboxylic acids is 2. The molecule has 0 radical (unpaired) electrons. The Kier molecular flexibility index (Phi) is 7.19. The van der Waals surface area contributed by atoms with E-state index in [1.54, 1.807) is 38.5 Å². The van der Waals surface area contributed by atoms with Crippen LogP contribution in [0.1, 0.15) is 43.0 Å². The van der Waals surface area contributed by atoms with Crippen molar-refractivity contribution in [3.63, 3.8) is 0 Å². The van der Waals surface area contributed by atoms with E-state index in [0.717, 1.165) is 33.8 Å². The molecule has 0 amide bonds. The minimum absolute atomic E-state index is 0.302. The third-order valence-electron chi connectivity index (χ3n) is 3.82. The van der Waals surface area contributed by atoms with Crippen molar-refractivity contribution in [2.24, 2.45) is 0 Å². The predicted octanol–water partition coefficient (Wildman–Crippen LogP) is 4.02. The number of aromatic carboxylic acids is 2. The second-order valence-electron chi connectivity index (χ2n) is 5.90. The average molecular weight is 360 g/mol. The highest BCUT2D eigenvalue weighted by atomic mass is 16.5. The van der Waals surface area contributed by atoms with Gasteiger partial charge < -0.3 is 19.7 Å². The van der Waals surface area contributed by atoms with Crippen LogP contribution < -0.4 is 9.47 Å². The van der Waals surface area contributed by atoms with Gasteiger partial charge in [-0.15, -0.1) is 0 Å². The highest BCUT2D eigenvalue weighted by molar-refractivity contribution is 5.89. The molecule has 2 aromatic carbocycles. The Morgan fingerprint density at radius 2 is 0.885 bits per heavy atom. The maximum absolute atomic E-state index is 10.7. The highest BCUT2D eigenvalue weighted by Gasteiger charge is 2.10. The molecular weight excluding hydrogens is 336 g/mol. The van der Waals surface area contributed by atoms with E-state index in [-0.39, 0.29) is 0 Å². The number of rotatable bonds is 4. The molecule has 0 aliphatic rings. The Morgan fingerprint density at radius 1 is 0.654 bits per heavy atom. The van der Waals surface area contributed by atoms with Crippen LogP contribution in [0.25, 0.3) is 0 Å². The van der Waals surface area contributed by atoms with Gasteiger partial charge in [-0.25, -0.2) is 9.59 Å². The number of carbonyl (C=O) groups is 2. The number of hydrogen-bond donors (Lipinski definition) is 2. The molecule has 0 unspecified atom stereocenters. The zero-order valence-corrected chi connectivity index (χ0v) is 15.8. The lowest BCUT2D eigenvalue weighted by atomic mass is 10.1. The van der Waals surface area contributed by atoms with Crippen LogP contribution in [0.4, 0.5) is 0 Å². The van der Waals surface area contributed by atoms with E-state index in [9.17, 15) is 9.59 Å². The molecule has 0 aliphatic heterocycles. The monoisotopic (exact) mass is 360 g/mol. The molecule has 0 heterocycles. The summed E-state index contributed by atoms with van der Waals surface area (Å²) < 4.78 is 10.2. The largest absolute Gasteiger partial charge is 0.496 e. The molecule has 140 valence electrons. The first kappa shape index (κ1) is 21.0. The van der Waals surface area contributed by atoms with Gasteiger partial charge in [-0.2, -0.15) is 0 Å². The second kappa shape index (κ2) is 8.89. The molecule has 6 heteroatoms. The third-order valence-corrected chi connectivity index (χ3v) is 3.82. The van der Waals surface area contributed by atoms with Gasteiger partial charge in [-0.1, -0.05) is 0 Å². The number of hydrogen-bond acceptors (Lipinski definition) is 4. The Bertz CT molecular complexity index is 708. The van der Waals surface area contributed by atoms with E-state index in [2.05, 4.69) is 0 Å². The molecular formula is C20H24O6. The summed E-state index contributed by atoms with van der Waals surface area (Å²) in [7, 11) is 3.16. The van der Waals surface area contributed by atoms with Crippen LogP contribution in [0.3, 0.4) is 0 Å². The van der Waals surface area contributed by atoms with Crippen LogP contribution in [-0.4, -0.2) is 36.4 Å². The summed E-state index contributed by atoms with van der Waals surface area (Å²) in [6.07, 6.45) is 0. The summed E-state index contributed by atoms with van der Waals surface area (Å²) in [5, 5.41) is 17.5. The average Bonchev–Trinajstić information content (AvgIpc) is 2.54. The number of aryl methyl sites for hydroxylation is 4. The van der Waals surface area contributed by atoms with E-state index in [1.165, 1.54) is 0 Å². The van der Waals surface area contributed by atoms with Gasteiger partial charge in [0, 0.05) is 0 Å². The van der Waals surface area contributed by atoms with Gasteiger partial charge in [0.25, 0.3) is 0 Å². The summed E-state index contributed by atoms with van der Waals surface area (Å²) in [4.78, 5) is 21.3. The standard InChI is InChI=1S/2C10H12O3/c2*1-6-4-8(10(11)12)5-7(2)9(6)13-3/h2*4-5H,1-3H3,(H,11,12). The normalized spacial score (nSPS) is 9.77. The lowest BCUT2D eigenvalue weighted by Crippen LogP contribution is -1.99. The van der Waals surface area contributed by atoms with Gasteiger partial charge in [0.1, 0.15) is 11.5 Å². The van der Waals surface area contributed by atoms with Crippen molar-refractivity contribution in [3.8, 4) is 11.5 Å². The van der Waals surface area contributed by atoms with Crippen LogP contribution >= 0.6 is 0 Å². The Balaban J connectivity index is 0.000000260. The van der Waals surface area contributed by atoms with Gasteiger partial charge in [-0.05, 0) is 74.2 Å². The Morgan fingerprint density at radius 3 is 1.04 bits per heavy atom. The van der Waals surface area contributed by atoms with Crippen LogP contribution in [0.5, 0.6) is 11.5 Å². The molecule has 0 saturated heterocycles. The highest BCUT2D eigenvalue weighted by Crippen LogP contribution is 2.24. The fourth-order valence-corrected chi connectivity index (χ4v) is 2.79. The van der Waals surface area contributed by atoms with Crippen molar-refractivity contribution in [1.29, 1.82) is 0 Å². The topological polar surface area (TPSA) is 93.1 Å². The van der Waals surface area contributed by atoms with Crippen molar-refractivity contribution in [2.45, 2.75) is 27.7 Å². The van der Waals surface area contributed by atoms with Crippen molar-refractivity contribution >= 4 is 11.9 Å². The summed E-state index contributed by atoms with van der Waals surface area (Å²) in [6.45, 7) is 7.33. The first-order chi connectivity index (χ1) is 12.1. The van der Waals surface area contributed by atoms with E-state index in [4.69, 9.17) is 19.7 Å². The van der Waals surface area contributed by atoms with Crippen molar-refractivity contribution in [1.82, 2.24) is 0 Å². The van der Waals surface area contributed by atoms with Crippen LogP contribution in [0, 0.1) is 27.7 Å². The zero-order chi connectivity index (χ0) is 20.0. The number of benzene rings is 2. The van der Waals surface area contributed by atoms with E-state index in [0.29, 0.717) is 11.1 Å². The molecule has 2 N–H and O–H groups in total. The number of methoxy groups -OCH3 is 2. The van der Waals surface area contributed by atoms with Gasteiger partial charge in [0.2, 0.25) is 0 Å². The number of carboxylic acid groups (broad SMARTS) is 2. The Hall–Kier alpha value is -3.02. The van der Waals surface area contributed by atoms with Gasteiger partial charge in [0.15, 0.2) is 0 Å². The maximum atomic E-state index is 10.7. The number of ether oxygens (including phenoxy) is 2. The summed E-state index contributed by atoms with van der Waals surface area (Å²) in [5.41, 5.74) is 3.99. The van der Waals surface area contributed by atoms with Crippen LogP contribution in [0.15, 0.2) is 24.3 Å². The van der Waals surface area contributed by atoms with Gasteiger partial charge in [0.05, 0.1) is 25.3 Å². The minimum atomic E-state index is -0.908. The van der Waals surface area contributed by atoms with Gasteiger partial charge in [-0.3, -0.25) is 0 Å². The molecule has 2 aromatic rings. The molecule has 6 nitrogen and oxygen atoms in total. The third kappa shape index (κ3) is 4.99. The maximum Gasteiger partial charge on any atom is 0.335 e. The predicted molar refractivity (Wildman–Crippen MR) is 98.9 cm³/mol. The molecule has 2 rings (SSSR count). The first-order valence-corrected chi connectivity index (χ1v) is 7.89. The van der Waals surface area contributed by atoms with Gasteiger partial charge >= 0.3 is 11.9 Å². The zero-order valence-electron chi connectivity index (χ0n) is 15.8. The smallest absolute Gasteiger partial charge is 0.335 e.